The molecule has 9 heteroatoms. The Morgan fingerprint density at radius 3 is 2.46 bits per heavy atom. The molecule has 0 aromatic heterocycles. The molecule has 3 aliphatic carbocycles. The van der Waals surface area contributed by atoms with Gasteiger partial charge in [0.2, 0.25) is 5.91 Å². The molecule has 2 bridgehead atoms. The number of aliphatic hydroxyl groups excluding tert-OH is 2. The van der Waals surface area contributed by atoms with Crippen LogP contribution in [0.1, 0.15) is 62.9 Å². The molecule has 5 fully saturated rings. The highest BCUT2D eigenvalue weighted by Crippen LogP contribution is 2.61. The Hall–Kier alpha value is -2.82. The number of fused-ring (bicyclic) bond motifs is 2. The third-order valence-electron chi connectivity index (χ3n) is 12.0. The fourth-order valence-electron chi connectivity index (χ4n) is 8.88. The predicted octanol–water partition coefficient (Wildman–Crippen LogP) is 3.79. The third kappa shape index (κ3) is 6.13. The number of likely N-dealkylation sites (N-methyl/N-ethyl adjacent to an activating group) is 1. The van der Waals surface area contributed by atoms with Crippen LogP contribution >= 0.6 is 0 Å². The summed E-state index contributed by atoms with van der Waals surface area (Å²) in [6.07, 6.45) is 1.64. The van der Waals surface area contributed by atoms with Crippen molar-refractivity contribution in [3.63, 3.8) is 0 Å². The van der Waals surface area contributed by atoms with Crippen LogP contribution in [0.15, 0.2) is 48.5 Å². The topological polar surface area (TPSA) is 106 Å². The first-order valence-corrected chi connectivity index (χ1v) is 17.1. The smallest absolute Gasteiger partial charge is 0.253 e. The van der Waals surface area contributed by atoms with Crippen molar-refractivity contribution in [2.24, 2.45) is 29.1 Å². The molecular formula is C37H52N4O5. The van der Waals surface area contributed by atoms with Crippen LogP contribution in [0.3, 0.4) is 0 Å². The highest BCUT2D eigenvalue weighted by atomic mass is 16.7. The summed E-state index contributed by atoms with van der Waals surface area (Å²) in [7, 11) is 4.12. The lowest BCUT2D eigenvalue weighted by atomic mass is 9.45. The number of likely N-dealkylation sites (tertiary alicyclic amines) is 1. The highest BCUT2D eigenvalue weighted by molar-refractivity contribution is 5.95. The average Bonchev–Trinajstić information content (AvgIpc) is 3.67. The van der Waals surface area contributed by atoms with Crippen molar-refractivity contribution in [3.05, 3.63) is 59.7 Å². The molecule has 46 heavy (non-hydrogen) atoms. The molecule has 0 spiro atoms. The van der Waals surface area contributed by atoms with Gasteiger partial charge in [-0.15, -0.1) is 0 Å². The minimum atomic E-state index is -0.843. The molecular weight excluding hydrogens is 580 g/mol. The molecule has 0 radical (unpaired) electrons. The molecule has 9 atom stereocenters. The molecule has 3 N–H and O–H groups in total. The molecule has 2 saturated heterocycles. The summed E-state index contributed by atoms with van der Waals surface area (Å²) in [6, 6.07) is 15.5. The van der Waals surface area contributed by atoms with Gasteiger partial charge in [0.1, 0.15) is 12.1 Å². The third-order valence-corrected chi connectivity index (χ3v) is 12.0. The number of carbonyl (C=O) groups excluding carboxylic acids is 2. The Morgan fingerprint density at radius 1 is 1.11 bits per heavy atom. The van der Waals surface area contributed by atoms with Gasteiger partial charge in [-0.25, -0.2) is 0 Å². The van der Waals surface area contributed by atoms with Gasteiger partial charge < -0.3 is 25.3 Å². The maximum Gasteiger partial charge on any atom is 0.253 e. The summed E-state index contributed by atoms with van der Waals surface area (Å²) in [5.74, 6) is 0.894. The zero-order valence-electron chi connectivity index (χ0n) is 28.2. The number of benzene rings is 2. The van der Waals surface area contributed by atoms with Crippen molar-refractivity contribution in [1.82, 2.24) is 20.2 Å². The van der Waals surface area contributed by atoms with Crippen LogP contribution in [0.25, 0.3) is 11.1 Å². The van der Waals surface area contributed by atoms with Gasteiger partial charge in [0.15, 0.2) is 0 Å². The number of nitrogens with zero attached hydrogens (tertiary/aromatic N) is 3. The molecule has 5 aliphatic rings. The van der Waals surface area contributed by atoms with Crippen LogP contribution in [-0.4, -0.2) is 101 Å². The number of hydroxylamine groups is 2. The number of nitrogens with one attached hydrogen (secondary N) is 1. The second-order valence-electron chi connectivity index (χ2n) is 15.2. The number of rotatable bonds is 9. The maximum atomic E-state index is 14.0. The van der Waals surface area contributed by atoms with E-state index < -0.39 is 24.2 Å². The Bertz CT molecular complexity index is 1430. The zero-order chi connectivity index (χ0) is 32.9. The van der Waals surface area contributed by atoms with Gasteiger partial charge in [-0.2, -0.15) is 5.06 Å². The van der Waals surface area contributed by atoms with Crippen LogP contribution < -0.4 is 5.32 Å². The van der Waals surface area contributed by atoms with Crippen LogP contribution in [0, 0.1) is 29.1 Å². The van der Waals surface area contributed by atoms with E-state index in [0.717, 1.165) is 42.6 Å². The van der Waals surface area contributed by atoms with E-state index in [4.69, 9.17) is 4.84 Å². The van der Waals surface area contributed by atoms with Crippen LogP contribution in [0.4, 0.5) is 0 Å². The lowest BCUT2D eigenvalue weighted by Gasteiger charge is -2.62. The summed E-state index contributed by atoms with van der Waals surface area (Å²) in [6.45, 7) is 10.1. The summed E-state index contributed by atoms with van der Waals surface area (Å²) >= 11 is 0. The van der Waals surface area contributed by atoms with Crippen molar-refractivity contribution in [2.45, 2.75) is 83.8 Å². The molecule has 2 amide bonds. The second kappa shape index (κ2) is 13.0. The average molecular weight is 633 g/mol. The first kappa shape index (κ1) is 33.1. The van der Waals surface area contributed by atoms with Crippen molar-refractivity contribution in [2.75, 3.05) is 33.8 Å². The van der Waals surface area contributed by atoms with Crippen molar-refractivity contribution in [3.8, 4) is 11.1 Å². The molecule has 250 valence electrons. The van der Waals surface area contributed by atoms with Crippen LogP contribution in [0.2, 0.25) is 0 Å². The summed E-state index contributed by atoms with van der Waals surface area (Å²) in [5.41, 5.74) is 3.82. The normalized spacial score (nSPS) is 32.8. The summed E-state index contributed by atoms with van der Waals surface area (Å²) in [4.78, 5) is 37.7. The Kier molecular flexibility index (Phi) is 9.35. The minimum absolute atomic E-state index is 0.0500. The summed E-state index contributed by atoms with van der Waals surface area (Å²) in [5, 5.41) is 26.0. The molecule has 3 saturated carbocycles. The molecule has 0 unspecified atom stereocenters. The van der Waals surface area contributed by atoms with E-state index >= 15 is 0 Å². The predicted molar refractivity (Wildman–Crippen MR) is 177 cm³/mol. The number of aliphatic hydroxyl groups is 2. The van der Waals surface area contributed by atoms with Gasteiger partial charge in [-0.1, -0.05) is 51.1 Å². The lowest BCUT2D eigenvalue weighted by Crippen LogP contribution is -2.62. The molecule has 2 aromatic rings. The number of hydrogen-bond acceptors (Lipinski definition) is 7. The van der Waals surface area contributed by atoms with E-state index in [0.29, 0.717) is 41.3 Å². The van der Waals surface area contributed by atoms with Crippen LogP contribution in [-0.2, 0) is 16.2 Å². The molecule has 2 heterocycles. The van der Waals surface area contributed by atoms with Crippen molar-refractivity contribution in [1.29, 1.82) is 0 Å². The Labute approximate surface area is 273 Å². The van der Waals surface area contributed by atoms with Crippen molar-refractivity contribution >= 4 is 11.8 Å². The fraction of sp³-hybridized carbons (Fsp3) is 0.622. The van der Waals surface area contributed by atoms with Gasteiger partial charge in [-0.3, -0.25) is 14.4 Å². The molecule has 2 aromatic carbocycles. The van der Waals surface area contributed by atoms with Crippen LogP contribution in [0.5, 0.6) is 0 Å². The minimum Gasteiger partial charge on any atom is -0.394 e. The molecule has 7 rings (SSSR count). The second-order valence-corrected chi connectivity index (χ2v) is 15.2. The lowest BCUT2D eigenvalue weighted by molar-refractivity contribution is -0.183. The first-order chi connectivity index (χ1) is 21.9. The summed E-state index contributed by atoms with van der Waals surface area (Å²) < 4.78 is 0. The standard InChI is InChI=1S/C37H52N4O5/c1-22-30-17-28(37(30,3)4)18-31(22)38-35(44)34-33(23(2)43)32(21-42)46-41(34)19-24-9-7-10-25(15-24)26-11-8-12-27(16-26)36(45)40-14-13-29(20-40)39(5)6/h7-12,15-16,22-23,28-34,42-43H,13-14,17-21H2,1-6H3,(H,38,44)/t22-,23-,28+,29+,30-,31-,32-,33+,34-/m0/s1. The molecule has 2 aliphatic heterocycles. The van der Waals surface area contributed by atoms with E-state index in [9.17, 15) is 19.8 Å². The van der Waals surface area contributed by atoms with Crippen molar-refractivity contribution < 1.29 is 24.6 Å². The SMILES string of the molecule is C[C@@H]1[C@@H](NC(=O)[C@@H]2[C@H]([C@H](C)O)[C@H](CO)ON2Cc2cccc(-c3cccc(C(=O)N4CC[C@@H](N(C)C)C4)c3)c2)C[C@H]2C[C@@H]1C2(C)C. The van der Waals surface area contributed by atoms with Gasteiger partial charge in [0, 0.05) is 36.7 Å². The largest absolute Gasteiger partial charge is 0.394 e. The van der Waals surface area contributed by atoms with E-state index in [2.05, 4.69) is 51.1 Å². The first-order valence-electron chi connectivity index (χ1n) is 17.1. The quantitative estimate of drug-likeness (QED) is 0.387. The van der Waals surface area contributed by atoms with Gasteiger partial charge in [0.05, 0.1) is 19.3 Å². The number of amides is 2. The highest BCUT2D eigenvalue weighted by Gasteiger charge is 2.57. The zero-order valence-corrected chi connectivity index (χ0v) is 28.2. The van der Waals surface area contributed by atoms with E-state index in [1.807, 2.05) is 47.4 Å². The van der Waals surface area contributed by atoms with Gasteiger partial charge >= 0.3 is 0 Å². The van der Waals surface area contributed by atoms with E-state index in [1.54, 1.807) is 12.0 Å². The Morgan fingerprint density at radius 2 is 1.83 bits per heavy atom. The van der Waals surface area contributed by atoms with Gasteiger partial charge in [-0.05, 0) is 98.3 Å². The van der Waals surface area contributed by atoms with E-state index in [1.165, 1.54) is 6.42 Å². The van der Waals surface area contributed by atoms with E-state index in [-0.39, 0.29) is 24.5 Å². The number of carbonyl (C=O) groups is 2. The number of hydrogen-bond donors (Lipinski definition) is 3. The Balaban J connectivity index is 1.19. The fourth-order valence-corrected chi connectivity index (χ4v) is 8.88. The van der Waals surface area contributed by atoms with Gasteiger partial charge in [0.25, 0.3) is 5.91 Å². The monoisotopic (exact) mass is 632 g/mol. The maximum absolute atomic E-state index is 14.0. The molecule has 9 nitrogen and oxygen atoms in total.